The molecule has 1 amide bonds. The molecule has 0 bridgehead atoms. The maximum absolute atomic E-state index is 12.9. The maximum atomic E-state index is 12.9. The number of hydrogen-bond donors (Lipinski definition) is 0. The Balaban J connectivity index is 1.21. The molecule has 174 valence electrons. The summed E-state index contributed by atoms with van der Waals surface area (Å²) in [6, 6.07) is 24.9. The highest BCUT2D eigenvalue weighted by molar-refractivity contribution is 7.13. The molecule has 0 atom stereocenters. The van der Waals surface area contributed by atoms with Gasteiger partial charge in [0.05, 0.1) is 17.5 Å². The van der Waals surface area contributed by atoms with Gasteiger partial charge in [-0.25, -0.2) is 4.79 Å². The van der Waals surface area contributed by atoms with E-state index < -0.39 is 5.76 Å². The zero-order valence-corrected chi connectivity index (χ0v) is 19.6. The van der Waals surface area contributed by atoms with E-state index >= 15 is 0 Å². The number of aryl methyl sites for hydroxylation is 1. The number of thiophene rings is 1. The molecule has 2 aromatic carbocycles. The fourth-order valence-corrected chi connectivity index (χ4v) is 5.07. The number of nitrogens with zero attached hydrogens (tertiary/aromatic N) is 4. The second kappa shape index (κ2) is 10.2. The van der Waals surface area contributed by atoms with Gasteiger partial charge in [-0.1, -0.05) is 66.7 Å². The number of piperazine rings is 1. The molecule has 34 heavy (non-hydrogen) atoms. The second-order valence-electron chi connectivity index (χ2n) is 8.26. The minimum atomic E-state index is -0.533. The summed E-state index contributed by atoms with van der Waals surface area (Å²) in [6.07, 6.45) is 0.219. The summed E-state index contributed by atoms with van der Waals surface area (Å²) in [6.45, 7) is 3.09. The highest BCUT2D eigenvalue weighted by Gasteiger charge is 2.28. The second-order valence-corrected chi connectivity index (χ2v) is 9.21. The smallest absolute Gasteiger partial charge is 0.387 e. The molecule has 7 nitrogen and oxygen atoms in total. The molecule has 3 heterocycles. The molecule has 8 heteroatoms. The molecule has 5 rings (SSSR count). The number of hydrogen-bond acceptors (Lipinski definition) is 6. The van der Waals surface area contributed by atoms with Crippen LogP contribution in [0.1, 0.15) is 23.6 Å². The fraction of sp³-hybridized carbons (Fsp3) is 0.269. The lowest BCUT2D eigenvalue weighted by Gasteiger charge is -2.39. The Labute approximate surface area is 201 Å². The number of carbonyl (C=O) groups is 1. The van der Waals surface area contributed by atoms with Gasteiger partial charge in [-0.2, -0.15) is 4.68 Å². The van der Waals surface area contributed by atoms with Gasteiger partial charge in [0, 0.05) is 32.6 Å². The van der Waals surface area contributed by atoms with Crippen LogP contribution in [-0.4, -0.2) is 51.7 Å². The van der Waals surface area contributed by atoms with Crippen LogP contribution >= 0.6 is 11.3 Å². The maximum Gasteiger partial charge on any atom is 0.437 e. The van der Waals surface area contributed by atoms with Crippen LogP contribution in [0.3, 0.4) is 0 Å². The Kier molecular flexibility index (Phi) is 6.69. The fourth-order valence-electron chi connectivity index (χ4n) is 4.42. The van der Waals surface area contributed by atoms with Crippen LogP contribution in [0.2, 0.25) is 0 Å². The third-order valence-corrected chi connectivity index (χ3v) is 7.00. The van der Waals surface area contributed by atoms with Crippen LogP contribution in [-0.2, 0) is 11.3 Å². The number of aromatic nitrogens is 2. The first kappa shape index (κ1) is 22.3. The van der Waals surface area contributed by atoms with E-state index in [4.69, 9.17) is 4.42 Å². The minimum absolute atomic E-state index is 0.0307. The van der Waals surface area contributed by atoms with Gasteiger partial charge in [-0.15, -0.1) is 16.4 Å². The first-order valence-electron chi connectivity index (χ1n) is 11.4. The molecule has 1 saturated heterocycles. The van der Waals surface area contributed by atoms with Crippen molar-refractivity contribution in [1.29, 1.82) is 0 Å². The third-order valence-electron chi connectivity index (χ3n) is 6.14. The van der Waals surface area contributed by atoms with E-state index in [1.165, 1.54) is 27.1 Å². The van der Waals surface area contributed by atoms with E-state index in [9.17, 15) is 9.59 Å². The molecule has 0 spiro atoms. The van der Waals surface area contributed by atoms with E-state index in [2.05, 4.69) is 58.5 Å². The zero-order chi connectivity index (χ0) is 23.3. The summed E-state index contributed by atoms with van der Waals surface area (Å²) in [5.41, 5.74) is 2.50. The first-order valence-corrected chi connectivity index (χ1v) is 12.3. The summed E-state index contributed by atoms with van der Waals surface area (Å²) < 4.78 is 6.48. The lowest BCUT2D eigenvalue weighted by atomic mass is 9.96. The summed E-state index contributed by atoms with van der Waals surface area (Å²) in [5, 5.41) is 6.14. The number of amides is 1. The molecular weight excluding hydrogens is 448 g/mol. The van der Waals surface area contributed by atoms with E-state index in [0.29, 0.717) is 19.0 Å². The highest BCUT2D eigenvalue weighted by atomic mass is 32.1. The molecule has 1 fully saturated rings. The van der Waals surface area contributed by atoms with Crippen LogP contribution in [0.5, 0.6) is 0 Å². The lowest BCUT2D eigenvalue weighted by molar-refractivity contribution is -0.133. The zero-order valence-electron chi connectivity index (χ0n) is 18.7. The number of carbonyl (C=O) groups excluding carboxylic acids is 1. The summed E-state index contributed by atoms with van der Waals surface area (Å²) in [7, 11) is 0. The van der Waals surface area contributed by atoms with Crippen LogP contribution < -0.4 is 5.76 Å². The molecule has 0 radical (unpaired) electrons. The molecule has 0 saturated carbocycles. The van der Waals surface area contributed by atoms with Gasteiger partial charge < -0.3 is 9.32 Å². The van der Waals surface area contributed by atoms with Crippen molar-refractivity contribution in [3.8, 4) is 10.8 Å². The van der Waals surface area contributed by atoms with Crippen molar-refractivity contribution in [2.45, 2.75) is 19.0 Å². The Hall–Kier alpha value is -3.49. The van der Waals surface area contributed by atoms with Crippen molar-refractivity contribution in [2.24, 2.45) is 0 Å². The van der Waals surface area contributed by atoms with E-state index in [1.54, 1.807) is 0 Å². The third kappa shape index (κ3) is 4.88. The van der Waals surface area contributed by atoms with Crippen LogP contribution in [0, 0.1) is 0 Å². The molecule has 0 aliphatic carbocycles. The topological polar surface area (TPSA) is 71.6 Å². The monoisotopic (exact) mass is 474 g/mol. The van der Waals surface area contributed by atoms with Crippen molar-refractivity contribution >= 4 is 17.2 Å². The summed E-state index contributed by atoms with van der Waals surface area (Å²) in [5.74, 6) is -0.202. The Morgan fingerprint density at radius 3 is 2.15 bits per heavy atom. The Bertz CT molecular complexity index is 1220. The van der Waals surface area contributed by atoms with E-state index in [0.717, 1.165) is 18.0 Å². The van der Waals surface area contributed by atoms with Gasteiger partial charge in [0.1, 0.15) is 0 Å². The largest absolute Gasteiger partial charge is 0.437 e. The Morgan fingerprint density at radius 1 is 0.912 bits per heavy atom. The molecule has 0 unspecified atom stereocenters. The SMILES string of the molecule is O=C(CCn1nc(-c2cccs2)oc1=O)N1CCN(C(c2ccccc2)c2ccccc2)CC1. The molecule has 1 aliphatic heterocycles. The molecular formula is C26H26N4O3S. The van der Waals surface area contributed by atoms with Crippen LogP contribution in [0.4, 0.5) is 0 Å². The lowest BCUT2D eigenvalue weighted by Crippen LogP contribution is -2.50. The summed E-state index contributed by atoms with van der Waals surface area (Å²) >= 11 is 1.46. The number of benzene rings is 2. The molecule has 0 N–H and O–H groups in total. The predicted molar refractivity (Wildman–Crippen MR) is 132 cm³/mol. The molecule has 2 aromatic heterocycles. The average molecular weight is 475 g/mol. The number of rotatable bonds is 7. The van der Waals surface area contributed by atoms with Crippen molar-refractivity contribution in [2.75, 3.05) is 26.2 Å². The molecule has 4 aromatic rings. The highest BCUT2D eigenvalue weighted by Crippen LogP contribution is 2.29. The predicted octanol–water partition coefficient (Wildman–Crippen LogP) is 3.89. The van der Waals surface area contributed by atoms with Gasteiger partial charge in [-0.3, -0.25) is 9.69 Å². The van der Waals surface area contributed by atoms with Crippen LogP contribution in [0.15, 0.2) is 87.4 Å². The van der Waals surface area contributed by atoms with Crippen molar-refractivity contribution in [3.05, 3.63) is 99.9 Å². The van der Waals surface area contributed by atoms with Crippen molar-refractivity contribution < 1.29 is 9.21 Å². The van der Waals surface area contributed by atoms with Gasteiger partial charge in [0.15, 0.2) is 0 Å². The standard InChI is InChI=1S/C26H26N4O3S/c31-23(13-14-30-26(32)33-25(27-30)22-12-7-19-34-22)28-15-17-29(18-16-28)24(20-8-3-1-4-9-20)21-10-5-2-6-11-21/h1-12,19,24H,13-18H2. The first-order chi connectivity index (χ1) is 16.7. The normalized spacial score (nSPS) is 14.6. The van der Waals surface area contributed by atoms with Crippen LogP contribution in [0.25, 0.3) is 10.8 Å². The van der Waals surface area contributed by atoms with Gasteiger partial charge in [0.2, 0.25) is 5.91 Å². The summed E-state index contributed by atoms with van der Waals surface area (Å²) in [4.78, 5) is 30.1. The van der Waals surface area contributed by atoms with Gasteiger partial charge in [-0.05, 0) is 22.6 Å². The van der Waals surface area contributed by atoms with E-state index in [1.807, 2.05) is 34.5 Å². The van der Waals surface area contributed by atoms with E-state index in [-0.39, 0.29) is 24.9 Å². The minimum Gasteiger partial charge on any atom is -0.387 e. The van der Waals surface area contributed by atoms with Crippen molar-refractivity contribution in [3.63, 3.8) is 0 Å². The van der Waals surface area contributed by atoms with Gasteiger partial charge in [0.25, 0.3) is 5.89 Å². The van der Waals surface area contributed by atoms with Gasteiger partial charge >= 0.3 is 5.76 Å². The average Bonchev–Trinajstić information content (AvgIpc) is 3.54. The Morgan fingerprint density at radius 2 is 1.56 bits per heavy atom. The molecule has 1 aliphatic rings. The van der Waals surface area contributed by atoms with Crippen molar-refractivity contribution in [1.82, 2.24) is 19.6 Å². The quantitative estimate of drug-likeness (QED) is 0.406.